The molecule has 3 aromatic rings. The number of aliphatic hydroxyl groups excluding tert-OH is 1. The minimum atomic E-state index is 0.118. The van der Waals surface area contributed by atoms with Crippen molar-refractivity contribution in [1.82, 2.24) is 19.8 Å². The summed E-state index contributed by atoms with van der Waals surface area (Å²) in [5, 5.41) is 29.6. The first-order chi connectivity index (χ1) is 12.6. The van der Waals surface area contributed by atoms with Gasteiger partial charge in [0, 0.05) is 18.3 Å². The number of amidine groups is 1. The number of thiazole rings is 1. The van der Waals surface area contributed by atoms with Crippen molar-refractivity contribution in [3.05, 3.63) is 52.5 Å². The highest BCUT2D eigenvalue weighted by molar-refractivity contribution is 7.19. The van der Waals surface area contributed by atoms with Gasteiger partial charge in [0.25, 0.3) is 0 Å². The molecule has 3 heterocycles. The molecular weight excluding hydrogens is 348 g/mol. The molecule has 0 atom stereocenters. The molecule has 0 aliphatic carbocycles. The number of fused-ring (bicyclic) bond motifs is 1. The fourth-order valence-corrected chi connectivity index (χ4v) is 3.86. The molecular formula is C18H18N6OS. The molecule has 1 aliphatic rings. The van der Waals surface area contributed by atoms with Gasteiger partial charge in [-0.2, -0.15) is 10.2 Å². The van der Waals surface area contributed by atoms with Gasteiger partial charge < -0.3 is 5.11 Å². The number of aryl methyl sites for hydroxylation is 2. The third kappa shape index (κ3) is 2.78. The Hall–Kier alpha value is -3.00. The average Bonchev–Trinajstić information content (AvgIpc) is 3.28. The van der Waals surface area contributed by atoms with E-state index in [0.29, 0.717) is 10.6 Å². The maximum absolute atomic E-state index is 10.4. The molecule has 8 heteroatoms. The molecule has 2 aromatic heterocycles. The van der Waals surface area contributed by atoms with Crippen LogP contribution in [0.15, 0.2) is 41.3 Å². The van der Waals surface area contributed by atoms with Gasteiger partial charge in [0.2, 0.25) is 0 Å². The van der Waals surface area contributed by atoms with Crippen LogP contribution in [0.3, 0.4) is 0 Å². The van der Waals surface area contributed by atoms with Crippen LogP contribution in [0, 0.1) is 12.3 Å². The number of nitrogens with zero attached hydrogens (tertiary/aromatic N) is 5. The monoisotopic (exact) mass is 366 g/mol. The van der Waals surface area contributed by atoms with Gasteiger partial charge in [0.05, 0.1) is 27.7 Å². The zero-order valence-electron chi connectivity index (χ0n) is 14.5. The van der Waals surface area contributed by atoms with E-state index in [4.69, 9.17) is 5.41 Å². The summed E-state index contributed by atoms with van der Waals surface area (Å²) in [6.07, 6.45) is 3.60. The zero-order valence-corrected chi connectivity index (χ0v) is 15.3. The van der Waals surface area contributed by atoms with E-state index in [2.05, 4.69) is 15.2 Å². The SMILES string of the molecule is CCn1cc(/C=N/N2CC(O)=C(c3nc4ccccc4s3)C2=N)c(C)n1. The number of benzene rings is 1. The number of aromatic nitrogens is 3. The van der Waals surface area contributed by atoms with Crippen LogP contribution in [0.25, 0.3) is 15.8 Å². The fraction of sp³-hybridized carbons (Fsp3) is 0.222. The number of hydrogen-bond acceptors (Lipinski definition) is 6. The molecule has 132 valence electrons. The van der Waals surface area contributed by atoms with Crippen LogP contribution in [0.5, 0.6) is 0 Å². The highest BCUT2D eigenvalue weighted by Gasteiger charge is 2.30. The van der Waals surface area contributed by atoms with Crippen molar-refractivity contribution in [1.29, 1.82) is 5.41 Å². The second kappa shape index (κ2) is 6.38. The number of aliphatic hydroxyl groups is 1. The number of para-hydroxylation sites is 1. The molecule has 0 saturated heterocycles. The van der Waals surface area contributed by atoms with Crippen LogP contribution in [0.2, 0.25) is 0 Å². The number of hydrogen-bond donors (Lipinski definition) is 2. The van der Waals surface area contributed by atoms with Crippen LogP contribution in [0.4, 0.5) is 0 Å². The molecule has 4 rings (SSSR count). The summed E-state index contributed by atoms with van der Waals surface area (Å²) in [4.78, 5) is 4.54. The van der Waals surface area contributed by atoms with E-state index < -0.39 is 0 Å². The van der Waals surface area contributed by atoms with E-state index in [1.165, 1.54) is 16.3 Å². The Kier molecular flexibility index (Phi) is 4.04. The van der Waals surface area contributed by atoms with Gasteiger partial charge in [0.1, 0.15) is 17.3 Å². The van der Waals surface area contributed by atoms with Crippen LogP contribution in [-0.2, 0) is 6.54 Å². The summed E-state index contributed by atoms with van der Waals surface area (Å²) in [5.74, 6) is 0.269. The van der Waals surface area contributed by atoms with Crippen molar-refractivity contribution in [3.63, 3.8) is 0 Å². The Morgan fingerprint density at radius 3 is 2.92 bits per heavy atom. The number of nitrogens with one attached hydrogen (secondary N) is 1. The molecule has 0 bridgehead atoms. The molecule has 7 nitrogen and oxygen atoms in total. The summed E-state index contributed by atoms with van der Waals surface area (Å²) < 4.78 is 2.87. The molecule has 0 spiro atoms. The van der Waals surface area contributed by atoms with Gasteiger partial charge in [-0.3, -0.25) is 10.1 Å². The van der Waals surface area contributed by atoms with Crippen molar-refractivity contribution in [2.75, 3.05) is 6.54 Å². The van der Waals surface area contributed by atoms with Crippen molar-refractivity contribution in [2.24, 2.45) is 5.10 Å². The van der Waals surface area contributed by atoms with Crippen molar-refractivity contribution >= 4 is 39.2 Å². The molecule has 0 radical (unpaired) electrons. The quantitative estimate of drug-likeness (QED) is 0.692. The van der Waals surface area contributed by atoms with E-state index >= 15 is 0 Å². The lowest BCUT2D eigenvalue weighted by molar-refractivity contribution is 0.358. The van der Waals surface area contributed by atoms with Gasteiger partial charge in [0.15, 0.2) is 5.84 Å². The predicted molar refractivity (Wildman–Crippen MR) is 104 cm³/mol. The maximum Gasteiger partial charge on any atom is 0.155 e. The van der Waals surface area contributed by atoms with Crippen molar-refractivity contribution < 1.29 is 5.11 Å². The van der Waals surface area contributed by atoms with E-state index in [1.807, 2.05) is 49.0 Å². The molecule has 0 unspecified atom stereocenters. The summed E-state index contributed by atoms with van der Waals surface area (Å²) in [6, 6.07) is 7.79. The van der Waals surface area contributed by atoms with Crippen LogP contribution in [-0.4, -0.2) is 43.5 Å². The standard InChI is InChI=1S/C18H18N6OS/c1-3-23-9-12(11(2)22-23)8-20-24-10-14(25)16(17(24)19)18-21-13-6-4-5-7-15(13)26-18/h4-9,19,25H,3,10H2,1-2H3/b19-17?,20-8+. The number of hydrazone groups is 1. The highest BCUT2D eigenvalue weighted by atomic mass is 32.1. The van der Waals surface area contributed by atoms with Gasteiger partial charge >= 0.3 is 0 Å². The third-order valence-electron chi connectivity index (χ3n) is 4.24. The zero-order chi connectivity index (χ0) is 18.3. The Morgan fingerprint density at radius 2 is 2.19 bits per heavy atom. The topological polar surface area (TPSA) is 90.4 Å². The summed E-state index contributed by atoms with van der Waals surface area (Å²) in [5.41, 5.74) is 3.09. The lowest BCUT2D eigenvalue weighted by atomic mass is 10.2. The summed E-state index contributed by atoms with van der Waals surface area (Å²) >= 11 is 1.47. The Morgan fingerprint density at radius 1 is 1.38 bits per heavy atom. The second-order valence-corrected chi connectivity index (χ2v) is 7.02. The minimum absolute atomic E-state index is 0.118. The first-order valence-electron chi connectivity index (χ1n) is 8.29. The molecule has 2 N–H and O–H groups in total. The largest absolute Gasteiger partial charge is 0.509 e. The molecule has 1 aromatic carbocycles. The van der Waals surface area contributed by atoms with Crippen molar-refractivity contribution in [3.8, 4) is 0 Å². The van der Waals surface area contributed by atoms with Gasteiger partial charge in [-0.05, 0) is 26.0 Å². The van der Waals surface area contributed by atoms with E-state index in [-0.39, 0.29) is 18.1 Å². The molecule has 0 amide bonds. The van der Waals surface area contributed by atoms with E-state index in [0.717, 1.165) is 28.0 Å². The Labute approximate surface area is 154 Å². The summed E-state index contributed by atoms with van der Waals surface area (Å²) in [6.45, 7) is 4.90. The maximum atomic E-state index is 10.4. The second-order valence-electron chi connectivity index (χ2n) is 5.98. The third-order valence-corrected chi connectivity index (χ3v) is 5.29. The van der Waals surface area contributed by atoms with Crippen LogP contribution >= 0.6 is 11.3 Å². The highest BCUT2D eigenvalue weighted by Crippen LogP contribution is 2.33. The molecule has 0 fully saturated rings. The predicted octanol–water partition coefficient (Wildman–Crippen LogP) is 3.42. The fourth-order valence-electron chi connectivity index (χ4n) is 2.82. The Balaban J connectivity index is 1.59. The lowest BCUT2D eigenvalue weighted by Gasteiger charge is -2.10. The van der Waals surface area contributed by atoms with Crippen LogP contribution in [0.1, 0.15) is 23.2 Å². The molecule has 0 saturated carbocycles. The van der Waals surface area contributed by atoms with Crippen molar-refractivity contribution in [2.45, 2.75) is 20.4 Å². The van der Waals surface area contributed by atoms with E-state index in [9.17, 15) is 5.11 Å². The van der Waals surface area contributed by atoms with Crippen LogP contribution < -0.4 is 0 Å². The molecule has 1 aliphatic heterocycles. The first kappa shape index (κ1) is 16.5. The Bertz CT molecular complexity index is 1030. The minimum Gasteiger partial charge on any atom is -0.509 e. The lowest BCUT2D eigenvalue weighted by Crippen LogP contribution is -2.20. The summed E-state index contributed by atoms with van der Waals surface area (Å²) in [7, 11) is 0. The van der Waals surface area contributed by atoms with E-state index in [1.54, 1.807) is 6.21 Å². The number of rotatable bonds is 4. The van der Waals surface area contributed by atoms with Gasteiger partial charge in [-0.15, -0.1) is 11.3 Å². The van der Waals surface area contributed by atoms with Gasteiger partial charge in [-0.25, -0.2) is 9.99 Å². The first-order valence-corrected chi connectivity index (χ1v) is 9.11. The smallest absolute Gasteiger partial charge is 0.155 e. The normalized spacial score (nSPS) is 15.2. The molecule has 26 heavy (non-hydrogen) atoms. The van der Waals surface area contributed by atoms with Gasteiger partial charge in [-0.1, -0.05) is 12.1 Å². The average molecular weight is 366 g/mol.